The van der Waals surface area contributed by atoms with Crippen LogP contribution in [-0.4, -0.2) is 45.2 Å². The highest BCUT2D eigenvalue weighted by atomic mass is 16.5. The van der Waals surface area contributed by atoms with E-state index in [0.717, 1.165) is 0 Å². The minimum Gasteiger partial charge on any atom is -0.504 e. The molecule has 1 fully saturated rings. The fourth-order valence-electron chi connectivity index (χ4n) is 3.05. The van der Waals surface area contributed by atoms with Crippen LogP contribution in [0, 0.1) is 0 Å². The van der Waals surface area contributed by atoms with Crippen LogP contribution in [0.15, 0.2) is 30.3 Å². The largest absolute Gasteiger partial charge is 0.504 e. The molecule has 0 aliphatic carbocycles. The molecule has 3 rings (SSSR count). The first-order chi connectivity index (χ1) is 13.0. The summed E-state index contributed by atoms with van der Waals surface area (Å²) < 4.78 is 20.9. The Bertz CT molecular complexity index is 884. The van der Waals surface area contributed by atoms with Crippen LogP contribution >= 0.6 is 0 Å². The zero-order chi connectivity index (χ0) is 19.7. The number of carbonyl (C=O) groups excluding carboxylic acids is 2. The maximum Gasteiger partial charge on any atom is 0.297 e. The molecule has 8 nitrogen and oxygen atoms in total. The summed E-state index contributed by atoms with van der Waals surface area (Å²) in [6, 6.07) is 6.87. The third-order valence-corrected chi connectivity index (χ3v) is 4.38. The number of ketones is 1. The van der Waals surface area contributed by atoms with E-state index < -0.39 is 17.7 Å². The average molecular weight is 373 g/mol. The number of carbonyl (C=O) groups is 2. The van der Waals surface area contributed by atoms with E-state index in [0.29, 0.717) is 28.5 Å². The van der Waals surface area contributed by atoms with Gasteiger partial charge in [0.1, 0.15) is 6.04 Å². The smallest absolute Gasteiger partial charge is 0.297 e. The number of amides is 1. The van der Waals surface area contributed by atoms with Gasteiger partial charge in [-0.15, -0.1) is 0 Å². The number of rotatable bonds is 6. The number of nitrogens with zero attached hydrogens (tertiary/aromatic N) is 1. The maximum absolute atomic E-state index is 12.3. The normalized spacial score (nSPS) is 16.0. The Morgan fingerprint density at radius 2 is 1.44 bits per heavy atom. The SMILES string of the molecule is COc1ccc([C@H]2C(=O)C(=O)N2c2cc(OC)c(OC)c(OC)c2)cc1O. The minimum absolute atomic E-state index is 0.119. The molecule has 1 aliphatic heterocycles. The first-order valence-electron chi connectivity index (χ1n) is 8.01. The topological polar surface area (TPSA) is 94.5 Å². The Labute approximate surface area is 155 Å². The van der Waals surface area contributed by atoms with Gasteiger partial charge in [0.05, 0.1) is 34.1 Å². The summed E-state index contributed by atoms with van der Waals surface area (Å²) in [6.45, 7) is 0. The molecule has 0 unspecified atom stereocenters. The summed E-state index contributed by atoms with van der Waals surface area (Å²) >= 11 is 0. The second kappa shape index (κ2) is 7.06. The lowest BCUT2D eigenvalue weighted by molar-refractivity contribution is -0.143. The van der Waals surface area contributed by atoms with Gasteiger partial charge in [-0.25, -0.2) is 0 Å². The van der Waals surface area contributed by atoms with Gasteiger partial charge in [-0.1, -0.05) is 6.07 Å². The standard InChI is InChI=1S/C19H19NO7/c1-24-13-6-5-10(7-12(13)21)16-17(22)19(23)20(16)11-8-14(25-2)18(27-4)15(9-11)26-3/h5-9,16,21H,1-4H3/t16-/m0/s1. The van der Waals surface area contributed by atoms with E-state index in [-0.39, 0.29) is 11.5 Å². The van der Waals surface area contributed by atoms with Crippen molar-refractivity contribution in [3.05, 3.63) is 35.9 Å². The monoisotopic (exact) mass is 373 g/mol. The minimum atomic E-state index is -0.864. The van der Waals surface area contributed by atoms with Crippen LogP contribution in [0.25, 0.3) is 0 Å². The van der Waals surface area contributed by atoms with Gasteiger partial charge in [0, 0.05) is 12.1 Å². The van der Waals surface area contributed by atoms with E-state index >= 15 is 0 Å². The van der Waals surface area contributed by atoms with Gasteiger partial charge in [-0.3, -0.25) is 14.5 Å². The molecule has 2 aromatic carbocycles. The number of ether oxygens (including phenoxy) is 4. The second-order valence-electron chi connectivity index (χ2n) is 5.76. The van der Waals surface area contributed by atoms with Crippen molar-refractivity contribution >= 4 is 17.4 Å². The molecule has 1 heterocycles. The first kappa shape index (κ1) is 18.4. The summed E-state index contributed by atoms with van der Waals surface area (Å²) in [5.74, 6) is 0.00780. The number of aromatic hydroxyl groups is 1. The summed E-state index contributed by atoms with van der Waals surface area (Å²) in [6.07, 6.45) is 0. The number of anilines is 1. The lowest BCUT2D eigenvalue weighted by Gasteiger charge is -2.39. The van der Waals surface area contributed by atoms with E-state index in [1.165, 1.54) is 45.5 Å². The van der Waals surface area contributed by atoms with Crippen LogP contribution in [0.3, 0.4) is 0 Å². The van der Waals surface area contributed by atoms with Gasteiger partial charge in [-0.05, 0) is 17.7 Å². The summed E-state index contributed by atoms with van der Waals surface area (Å²) in [5.41, 5.74) is 0.876. The number of phenolic OH excluding ortho intramolecular Hbond substituents is 1. The van der Waals surface area contributed by atoms with Crippen molar-refractivity contribution in [3.63, 3.8) is 0 Å². The molecule has 0 aromatic heterocycles. The molecule has 1 N–H and O–H groups in total. The zero-order valence-electron chi connectivity index (χ0n) is 15.3. The molecule has 0 spiro atoms. The van der Waals surface area contributed by atoms with Crippen molar-refractivity contribution in [1.82, 2.24) is 0 Å². The number of methoxy groups -OCH3 is 4. The van der Waals surface area contributed by atoms with Crippen molar-refractivity contribution < 1.29 is 33.6 Å². The molecule has 1 atom stereocenters. The lowest BCUT2D eigenvalue weighted by atomic mass is 9.91. The highest BCUT2D eigenvalue weighted by Gasteiger charge is 2.48. The molecule has 8 heteroatoms. The third-order valence-electron chi connectivity index (χ3n) is 4.38. The quantitative estimate of drug-likeness (QED) is 0.612. The Balaban J connectivity index is 2.06. The van der Waals surface area contributed by atoms with E-state index in [4.69, 9.17) is 18.9 Å². The fraction of sp³-hybridized carbons (Fsp3) is 0.263. The molecule has 2 aromatic rings. The third kappa shape index (κ3) is 2.88. The van der Waals surface area contributed by atoms with Gasteiger partial charge in [0.25, 0.3) is 5.91 Å². The van der Waals surface area contributed by atoms with Gasteiger partial charge >= 0.3 is 0 Å². The molecule has 27 heavy (non-hydrogen) atoms. The van der Waals surface area contributed by atoms with E-state index in [9.17, 15) is 14.7 Å². The van der Waals surface area contributed by atoms with Crippen LogP contribution in [0.5, 0.6) is 28.7 Å². The maximum atomic E-state index is 12.3. The Hall–Kier alpha value is -3.42. The number of β-lactam (4-membered cyclic amide) rings is 1. The molecular formula is C19H19NO7. The highest BCUT2D eigenvalue weighted by Crippen LogP contribution is 2.45. The fourth-order valence-corrected chi connectivity index (χ4v) is 3.05. The molecule has 142 valence electrons. The van der Waals surface area contributed by atoms with Crippen LogP contribution in [0.2, 0.25) is 0 Å². The predicted octanol–water partition coefficient (Wildman–Crippen LogP) is 2.08. The second-order valence-corrected chi connectivity index (χ2v) is 5.76. The van der Waals surface area contributed by atoms with E-state index in [2.05, 4.69) is 0 Å². The number of phenols is 1. The van der Waals surface area contributed by atoms with Gasteiger partial charge in [0.15, 0.2) is 23.0 Å². The highest BCUT2D eigenvalue weighted by molar-refractivity contribution is 6.51. The zero-order valence-corrected chi connectivity index (χ0v) is 15.3. The molecule has 1 amide bonds. The van der Waals surface area contributed by atoms with Crippen molar-refractivity contribution in [2.45, 2.75) is 6.04 Å². The van der Waals surface area contributed by atoms with Crippen LogP contribution in [0.1, 0.15) is 11.6 Å². The average Bonchev–Trinajstić information content (AvgIpc) is 2.69. The Morgan fingerprint density at radius 3 is 1.93 bits per heavy atom. The number of hydrogen-bond donors (Lipinski definition) is 1. The van der Waals surface area contributed by atoms with Gasteiger partial charge < -0.3 is 24.1 Å². The van der Waals surface area contributed by atoms with Crippen molar-refractivity contribution in [1.29, 1.82) is 0 Å². The Kier molecular flexibility index (Phi) is 4.81. The molecule has 0 bridgehead atoms. The van der Waals surface area contributed by atoms with E-state index in [1.807, 2.05) is 0 Å². The van der Waals surface area contributed by atoms with Crippen LogP contribution < -0.4 is 23.8 Å². The molecular weight excluding hydrogens is 354 g/mol. The predicted molar refractivity (Wildman–Crippen MR) is 96.0 cm³/mol. The summed E-state index contributed by atoms with van der Waals surface area (Å²) in [7, 11) is 5.82. The van der Waals surface area contributed by atoms with Crippen molar-refractivity contribution in [3.8, 4) is 28.7 Å². The van der Waals surface area contributed by atoms with Gasteiger partial charge in [-0.2, -0.15) is 0 Å². The van der Waals surface area contributed by atoms with E-state index in [1.54, 1.807) is 18.2 Å². The number of hydrogen-bond acceptors (Lipinski definition) is 7. The Morgan fingerprint density at radius 1 is 0.852 bits per heavy atom. The molecule has 1 saturated heterocycles. The molecule has 0 radical (unpaired) electrons. The summed E-state index contributed by atoms with van der Waals surface area (Å²) in [5, 5.41) is 10.0. The number of benzene rings is 2. The number of Topliss-reactive ketones (excluding diaryl/α,β-unsaturated/α-hetero) is 1. The van der Waals surface area contributed by atoms with Gasteiger partial charge in [0.2, 0.25) is 11.5 Å². The molecule has 1 aliphatic rings. The van der Waals surface area contributed by atoms with Crippen molar-refractivity contribution in [2.75, 3.05) is 33.3 Å². The first-order valence-corrected chi connectivity index (χ1v) is 8.01. The molecule has 0 saturated carbocycles. The van der Waals surface area contributed by atoms with Crippen molar-refractivity contribution in [2.24, 2.45) is 0 Å². The summed E-state index contributed by atoms with van der Waals surface area (Å²) in [4.78, 5) is 25.8. The van der Waals surface area contributed by atoms with Crippen LogP contribution in [-0.2, 0) is 9.59 Å². The van der Waals surface area contributed by atoms with Crippen LogP contribution in [0.4, 0.5) is 5.69 Å². The lowest BCUT2D eigenvalue weighted by Crippen LogP contribution is -2.56.